The molecule has 0 amide bonds. The third-order valence-corrected chi connectivity index (χ3v) is 3.51. The van der Waals surface area contributed by atoms with Crippen molar-refractivity contribution in [1.29, 1.82) is 0 Å². The van der Waals surface area contributed by atoms with E-state index in [1.165, 1.54) is 6.08 Å². The highest BCUT2D eigenvalue weighted by Crippen LogP contribution is 2.26. The van der Waals surface area contributed by atoms with Gasteiger partial charge in [-0.25, -0.2) is 4.79 Å². The van der Waals surface area contributed by atoms with Gasteiger partial charge in [-0.1, -0.05) is 6.92 Å². The number of aliphatic carboxylic acids is 1. The number of hydrogen-bond acceptors (Lipinski definition) is 4. The molecule has 1 rings (SSSR count). The molecule has 0 radical (unpaired) electrons. The molecule has 5 heteroatoms. The molecular formula is C15H20O4S. The van der Waals surface area contributed by atoms with E-state index in [0.717, 1.165) is 29.6 Å². The van der Waals surface area contributed by atoms with E-state index in [1.54, 1.807) is 25.3 Å². The lowest BCUT2D eigenvalue weighted by Crippen LogP contribution is -2.01. The zero-order valence-electron chi connectivity index (χ0n) is 11.8. The summed E-state index contributed by atoms with van der Waals surface area (Å²) in [6.45, 7) is 2.73. The summed E-state index contributed by atoms with van der Waals surface area (Å²) in [7, 11) is 1.59. The zero-order chi connectivity index (χ0) is 14.8. The number of methoxy groups -OCH3 is 1. The van der Waals surface area contributed by atoms with Crippen molar-refractivity contribution in [1.82, 2.24) is 0 Å². The average Bonchev–Trinajstić information content (AvgIpc) is 2.45. The van der Waals surface area contributed by atoms with Gasteiger partial charge in [-0.05, 0) is 36.1 Å². The summed E-state index contributed by atoms with van der Waals surface area (Å²) in [5.74, 6) is 2.51. The minimum atomic E-state index is -0.980. The first-order valence-corrected chi connectivity index (χ1v) is 7.62. The van der Waals surface area contributed by atoms with Gasteiger partial charge in [0.15, 0.2) is 0 Å². The molecule has 1 aromatic carbocycles. The van der Waals surface area contributed by atoms with Crippen LogP contribution in [0.25, 0.3) is 6.08 Å². The van der Waals surface area contributed by atoms with Crippen LogP contribution >= 0.6 is 11.8 Å². The molecule has 0 heterocycles. The lowest BCUT2D eigenvalue weighted by atomic mass is 10.1. The zero-order valence-corrected chi connectivity index (χ0v) is 12.6. The third-order valence-electron chi connectivity index (χ3n) is 2.52. The maximum absolute atomic E-state index is 10.6. The van der Waals surface area contributed by atoms with Crippen LogP contribution < -0.4 is 9.47 Å². The van der Waals surface area contributed by atoms with E-state index in [9.17, 15) is 4.79 Å². The Morgan fingerprint density at radius 1 is 1.45 bits per heavy atom. The number of carbonyl (C=O) groups is 1. The largest absolute Gasteiger partial charge is 0.497 e. The summed E-state index contributed by atoms with van der Waals surface area (Å²) >= 11 is 1.87. The minimum absolute atomic E-state index is 0.605. The van der Waals surface area contributed by atoms with E-state index in [4.69, 9.17) is 14.6 Å². The van der Waals surface area contributed by atoms with Gasteiger partial charge in [-0.2, -0.15) is 11.8 Å². The lowest BCUT2D eigenvalue weighted by Gasteiger charge is -2.11. The van der Waals surface area contributed by atoms with E-state index in [0.29, 0.717) is 18.1 Å². The third kappa shape index (κ3) is 6.02. The molecule has 0 spiro atoms. The number of hydrogen-bond donors (Lipinski definition) is 1. The molecule has 0 bridgehead atoms. The maximum atomic E-state index is 10.6. The van der Waals surface area contributed by atoms with Crippen LogP contribution in [-0.2, 0) is 4.79 Å². The first kappa shape index (κ1) is 16.4. The van der Waals surface area contributed by atoms with Gasteiger partial charge in [0.2, 0.25) is 0 Å². The average molecular weight is 296 g/mol. The number of thioether (sulfide) groups is 1. The first-order chi connectivity index (χ1) is 9.67. The monoisotopic (exact) mass is 296 g/mol. The van der Waals surface area contributed by atoms with Crippen LogP contribution in [0.5, 0.6) is 11.5 Å². The van der Waals surface area contributed by atoms with Crippen molar-refractivity contribution in [2.45, 2.75) is 13.3 Å². The first-order valence-electron chi connectivity index (χ1n) is 6.47. The van der Waals surface area contributed by atoms with Gasteiger partial charge >= 0.3 is 5.97 Å². The van der Waals surface area contributed by atoms with Crippen molar-refractivity contribution >= 4 is 23.8 Å². The highest BCUT2D eigenvalue weighted by Gasteiger charge is 2.04. The van der Waals surface area contributed by atoms with Gasteiger partial charge in [0.25, 0.3) is 0 Å². The SMILES string of the molecule is CCSCCCOc1cc(OC)ccc1/C=C/C(=O)O. The fourth-order valence-corrected chi connectivity index (χ4v) is 2.16. The Hall–Kier alpha value is -1.62. The second-order valence-corrected chi connectivity index (χ2v) is 5.37. The molecule has 0 saturated carbocycles. The predicted octanol–water partition coefficient (Wildman–Crippen LogP) is 3.32. The smallest absolute Gasteiger partial charge is 0.328 e. The van der Waals surface area contributed by atoms with Gasteiger partial charge in [-0.15, -0.1) is 0 Å². The van der Waals surface area contributed by atoms with Gasteiger partial charge < -0.3 is 14.6 Å². The molecule has 0 aliphatic heterocycles. The number of ether oxygens (including phenoxy) is 2. The number of carboxylic acids is 1. The standard InChI is InChI=1S/C15H20O4S/c1-3-20-10-4-9-19-14-11-13(18-2)7-5-12(14)6-8-15(16)17/h5-8,11H,3-4,9-10H2,1-2H3,(H,16,17)/b8-6+. The number of carboxylic acid groups (broad SMARTS) is 1. The molecule has 0 fully saturated rings. The molecule has 20 heavy (non-hydrogen) atoms. The van der Waals surface area contributed by atoms with E-state index in [2.05, 4.69) is 6.92 Å². The van der Waals surface area contributed by atoms with Crippen molar-refractivity contribution in [3.05, 3.63) is 29.8 Å². The van der Waals surface area contributed by atoms with Crippen molar-refractivity contribution in [3.63, 3.8) is 0 Å². The molecule has 110 valence electrons. The van der Waals surface area contributed by atoms with Crippen LogP contribution in [0.15, 0.2) is 24.3 Å². The fraction of sp³-hybridized carbons (Fsp3) is 0.400. The lowest BCUT2D eigenvalue weighted by molar-refractivity contribution is -0.131. The Balaban J connectivity index is 2.70. The van der Waals surface area contributed by atoms with Gasteiger partial charge in [-0.3, -0.25) is 0 Å². The second kappa shape index (κ2) is 9.31. The molecule has 1 N–H and O–H groups in total. The predicted molar refractivity (Wildman–Crippen MR) is 82.8 cm³/mol. The molecule has 0 unspecified atom stereocenters. The summed E-state index contributed by atoms with van der Waals surface area (Å²) in [5, 5.41) is 8.68. The Bertz CT molecular complexity index is 457. The Morgan fingerprint density at radius 2 is 2.25 bits per heavy atom. The van der Waals surface area contributed by atoms with Gasteiger partial charge in [0, 0.05) is 17.7 Å². The molecule has 0 saturated heterocycles. The van der Waals surface area contributed by atoms with E-state index in [1.807, 2.05) is 11.8 Å². The molecule has 0 aliphatic rings. The molecular weight excluding hydrogens is 276 g/mol. The van der Waals surface area contributed by atoms with Crippen LogP contribution in [0, 0.1) is 0 Å². The summed E-state index contributed by atoms with van der Waals surface area (Å²) in [6, 6.07) is 5.34. The highest BCUT2D eigenvalue weighted by molar-refractivity contribution is 7.99. The molecule has 0 atom stereocenters. The van der Waals surface area contributed by atoms with Crippen LogP contribution in [-0.4, -0.2) is 36.3 Å². The number of benzene rings is 1. The summed E-state index contributed by atoms with van der Waals surface area (Å²) in [4.78, 5) is 10.6. The van der Waals surface area contributed by atoms with Crippen LogP contribution in [0.3, 0.4) is 0 Å². The quantitative estimate of drug-likeness (QED) is 0.559. The van der Waals surface area contributed by atoms with Gasteiger partial charge in [0.05, 0.1) is 13.7 Å². The maximum Gasteiger partial charge on any atom is 0.328 e. The second-order valence-electron chi connectivity index (χ2n) is 3.97. The minimum Gasteiger partial charge on any atom is -0.497 e. The van der Waals surface area contributed by atoms with Gasteiger partial charge in [0.1, 0.15) is 11.5 Å². The molecule has 4 nitrogen and oxygen atoms in total. The molecule has 0 aromatic heterocycles. The Kier molecular flexibility index (Phi) is 7.65. The summed E-state index contributed by atoms with van der Waals surface area (Å²) in [5.41, 5.74) is 0.733. The topological polar surface area (TPSA) is 55.8 Å². The van der Waals surface area contributed by atoms with Crippen molar-refractivity contribution in [2.24, 2.45) is 0 Å². The highest BCUT2D eigenvalue weighted by atomic mass is 32.2. The number of rotatable bonds is 9. The van der Waals surface area contributed by atoms with E-state index in [-0.39, 0.29) is 0 Å². The molecule has 0 aliphatic carbocycles. The van der Waals surface area contributed by atoms with Crippen LogP contribution in [0.2, 0.25) is 0 Å². The van der Waals surface area contributed by atoms with Crippen molar-refractivity contribution in [3.8, 4) is 11.5 Å². The van der Waals surface area contributed by atoms with Crippen molar-refractivity contribution < 1.29 is 19.4 Å². The summed E-state index contributed by atoms with van der Waals surface area (Å²) in [6.07, 6.45) is 3.58. The fourth-order valence-electron chi connectivity index (χ4n) is 1.55. The van der Waals surface area contributed by atoms with E-state index < -0.39 is 5.97 Å². The van der Waals surface area contributed by atoms with E-state index >= 15 is 0 Å². The van der Waals surface area contributed by atoms with Crippen molar-refractivity contribution in [2.75, 3.05) is 25.2 Å². The van der Waals surface area contributed by atoms with Crippen LogP contribution in [0.4, 0.5) is 0 Å². The Labute approximate surface area is 123 Å². The normalized spacial score (nSPS) is 10.7. The Morgan fingerprint density at radius 3 is 2.90 bits per heavy atom. The summed E-state index contributed by atoms with van der Waals surface area (Å²) < 4.78 is 10.9. The van der Waals surface area contributed by atoms with Crippen LogP contribution in [0.1, 0.15) is 18.9 Å². The molecule has 1 aromatic rings.